The third kappa shape index (κ3) is 1.64. The van der Waals surface area contributed by atoms with E-state index >= 15 is 0 Å². The lowest BCUT2D eigenvalue weighted by molar-refractivity contribution is 1.08. The first-order valence-electron chi connectivity index (χ1n) is 2.90. The first kappa shape index (κ1) is 7.89. The molecule has 0 unspecified atom stereocenters. The van der Waals surface area contributed by atoms with E-state index in [4.69, 9.17) is 11.6 Å². The molecule has 0 aliphatic rings. The molecule has 10 heavy (non-hydrogen) atoms. The van der Waals surface area contributed by atoms with Gasteiger partial charge in [-0.15, -0.1) is 11.8 Å². The van der Waals surface area contributed by atoms with Crippen LogP contribution in [0.2, 0.25) is 5.02 Å². The van der Waals surface area contributed by atoms with E-state index in [-0.39, 0.29) is 0 Å². The smallest absolute Gasteiger partial charge is 0.0987 e. The van der Waals surface area contributed by atoms with Crippen LogP contribution in [0.1, 0.15) is 5.56 Å². The summed E-state index contributed by atoms with van der Waals surface area (Å²) >= 11 is 7.34. The lowest BCUT2D eigenvalue weighted by Crippen LogP contribution is -1.82. The highest BCUT2D eigenvalue weighted by Crippen LogP contribution is 2.19. The van der Waals surface area contributed by atoms with Crippen molar-refractivity contribution in [2.45, 2.75) is 11.9 Å². The summed E-state index contributed by atoms with van der Waals surface area (Å²) in [7, 11) is 0. The zero-order valence-corrected chi connectivity index (χ0v) is 7.46. The van der Waals surface area contributed by atoms with Crippen LogP contribution in [-0.2, 0) is 0 Å². The summed E-state index contributed by atoms with van der Waals surface area (Å²) in [5.74, 6) is 0. The topological polar surface area (TPSA) is 12.9 Å². The number of hydrogen-bond acceptors (Lipinski definition) is 2. The summed E-state index contributed by atoms with van der Waals surface area (Å²) in [6.45, 7) is 2.00. The van der Waals surface area contributed by atoms with Crippen molar-refractivity contribution in [3.8, 4) is 0 Å². The van der Waals surface area contributed by atoms with Gasteiger partial charge in [0.25, 0.3) is 0 Å². The molecular formula is C7H8ClNS. The fourth-order valence-corrected chi connectivity index (χ4v) is 1.49. The number of nitrogens with zero attached hydrogens (tertiary/aromatic N) is 1. The lowest BCUT2D eigenvalue weighted by atomic mass is 10.3. The molecule has 0 aromatic carbocycles. The molecule has 54 valence electrons. The van der Waals surface area contributed by atoms with E-state index in [1.807, 2.05) is 19.2 Å². The van der Waals surface area contributed by atoms with E-state index in [1.165, 1.54) is 0 Å². The number of rotatable bonds is 1. The Morgan fingerprint density at radius 2 is 2.30 bits per heavy atom. The van der Waals surface area contributed by atoms with Crippen LogP contribution in [-0.4, -0.2) is 11.2 Å². The molecule has 1 aromatic heterocycles. The molecule has 0 N–H and O–H groups in total. The van der Waals surface area contributed by atoms with E-state index in [0.29, 0.717) is 5.02 Å². The largest absolute Gasteiger partial charge is 0.248 e. The van der Waals surface area contributed by atoms with Crippen LogP contribution < -0.4 is 0 Å². The van der Waals surface area contributed by atoms with Gasteiger partial charge in [0, 0.05) is 6.20 Å². The van der Waals surface area contributed by atoms with E-state index in [1.54, 1.807) is 18.0 Å². The van der Waals surface area contributed by atoms with Crippen LogP contribution in [0, 0.1) is 6.92 Å². The quantitative estimate of drug-likeness (QED) is 0.606. The average molecular weight is 174 g/mol. The first-order chi connectivity index (χ1) is 4.74. The lowest BCUT2D eigenvalue weighted by Gasteiger charge is -1.99. The van der Waals surface area contributed by atoms with Gasteiger partial charge in [0.2, 0.25) is 0 Å². The molecule has 0 saturated carbocycles. The average Bonchev–Trinajstić information content (AvgIpc) is 1.88. The summed E-state index contributed by atoms with van der Waals surface area (Å²) in [4.78, 5) is 4.13. The van der Waals surface area contributed by atoms with Gasteiger partial charge in [0.1, 0.15) is 0 Å². The monoisotopic (exact) mass is 173 g/mol. The van der Waals surface area contributed by atoms with Gasteiger partial charge in [0.15, 0.2) is 0 Å². The van der Waals surface area contributed by atoms with Crippen molar-refractivity contribution < 1.29 is 0 Å². The minimum atomic E-state index is 0.704. The third-order valence-electron chi connectivity index (χ3n) is 1.19. The molecule has 1 nitrogen and oxygen atoms in total. The molecule has 0 aliphatic carbocycles. The van der Waals surface area contributed by atoms with Gasteiger partial charge in [0.05, 0.1) is 10.0 Å². The number of pyridine rings is 1. The number of hydrogen-bond donors (Lipinski definition) is 0. The number of aromatic nitrogens is 1. The van der Waals surface area contributed by atoms with Crippen molar-refractivity contribution in [2.24, 2.45) is 0 Å². The molecule has 0 radical (unpaired) electrons. The SMILES string of the molecule is CSc1ncc(Cl)cc1C. The number of halogens is 1. The molecule has 0 amide bonds. The summed E-state index contributed by atoms with van der Waals surface area (Å²) in [6, 6.07) is 1.92. The van der Waals surface area contributed by atoms with Gasteiger partial charge in [-0.25, -0.2) is 4.98 Å². The number of aryl methyl sites for hydroxylation is 1. The molecular weight excluding hydrogens is 166 g/mol. The molecule has 0 fully saturated rings. The van der Waals surface area contributed by atoms with Crippen molar-refractivity contribution in [3.05, 3.63) is 22.8 Å². The highest BCUT2D eigenvalue weighted by atomic mass is 35.5. The predicted octanol–water partition coefficient (Wildman–Crippen LogP) is 2.77. The highest BCUT2D eigenvalue weighted by molar-refractivity contribution is 7.98. The highest BCUT2D eigenvalue weighted by Gasteiger charge is 1.96. The Kier molecular flexibility index (Phi) is 2.57. The maximum Gasteiger partial charge on any atom is 0.0987 e. The molecule has 0 saturated heterocycles. The Balaban J connectivity index is 3.07. The minimum absolute atomic E-state index is 0.704. The Hall–Kier alpha value is -0.210. The van der Waals surface area contributed by atoms with Crippen molar-refractivity contribution in [3.63, 3.8) is 0 Å². The van der Waals surface area contributed by atoms with Gasteiger partial charge >= 0.3 is 0 Å². The molecule has 1 heterocycles. The van der Waals surface area contributed by atoms with Gasteiger partial charge in [-0.1, -0.05) is 11.6 Å². The molecule has 0 atom stereocenters. The third-order valence-corrected chi connectivity index (χ3v) is 2.21. The molecule has 0 spiro atoms. The standard InChI is InChI=1S/C7H8ClNS/c1-5-3-6(8)4-9-7(5)10-2/h3-4H,1-2H3. The maximum absolute atomic E-state index is 5.70. The fraction of sp³-hybridized carbons (Fsp3) is 0.286. The van der Waals surface area contributed by atoms with Crippen LogP contribution in [0.5, 0.6) is 0 Å². The Labute approximate surface area is 69.8 Å². The van der Waals surface area contributed by atoms with E-state index in [0.717, 1.165) is 10.6 Å². The second kappa shape index (κ2) is 3.26. The Morgan fingerprint density at radius 3 is 2.80 bits per heavy atom. The van der Waals surface area contributed by atoms with Crippen LogP contribution in [0.25, 0.3) is 0 Å². The molecule has 0 bridgehead atoms. The van der Waals surface area contributed by atoms with Crippen LogP contribution >= 0.6 is 23.4 Å². The maximum atomic E-state index is 5.70. The second-order valence-corrected chi connectivity index (χ2v) is 3.21. The van der Waals surface area contributed by atoms with E-state index in [9.17, 15) is 0 Å². The first-order valence-corrected chi connectivity index (χ1v) is 4.50. The van der Waals surface area contributed by atoms with Crippen molar-refractivity contribution in [1.29, 1.82) is 0 Å². The second-order valence-electron chi connectivity index (χ2n) is 1.98. The van der Waals surface area contributed by atoms with Gasteiger partial charge in [-0.05, 0) is 24.8 Å². The zero-order valence-electron chi connectivity index (χ0n) is 5.89. The Morgan fingerprint density at radius 1 is 1.60 bits per heavy atom. The van der Waals surface area contributed by atoms with Gasteiger partial charge in [-0.2, -0.15) is 0 Å². The molecule has 1 rings (SSSR count). The summed E-state index contributed by atoms with van der Waals surface area (Å²) in [5.41, 5.74) is 1.14. The van der Waals surface area contributed by atoms with Crippen molar-refractivity contribution >= 4 is 23.4 Å². The van der Waals surface area contributed by atoms with Gasteiger partial charge in [-0.3, -0.25) is 0 Å². The summed E-state index contributed by atoms with van der Waals surface area (Å²) in [5, 5.41) is 1.75. The van der Waals surface area contributed by atoms with Crippen LogP contribution in [0.4, 0.5) is 0 Å². The van der Waals surface area contributed by atoms with Crippen LogP contribution in [0.3, 0.4) is 0 Å². The molecule has 0 aliphatic heterocycles. The molecule has 3 heteroatoms. The number of thioether (sulfide) groups is 1. The molecule has 1 aromatic rings. The van der Waals surface area contributed by atoms with E-state index in [2.05, 4.69) is 4.98 Å². The van der Waals surface area contributed by atoms with Crippen LogP contribution in [0.15, 0.2) is 17.3 Å². The summed E-state index contributed by atoms with van der Waals surface area (Å²) < 4.78 is 0. The van der Waals surface area contributed by atoms with Crippen molar-refractivity contribution in [1.82, 2.24) is 4.98 Å². The normalized spacial score (nSPS) is 9.90. The minimum Gasteiger partial charge on any atom is -0.248 e. The fourth-order valence-electron chi connectivity index (χ4n) is 0.742. The zero-order chi connectivity index (χ0) is 7.56. The Bertz CT molecular complexity index is 237. The predicted molar refractivity (Wildman–Crippen MR) is 45.8 cm³/mol. The van der Waals surface area contributed by atoms with E-state index < -0.39 is 0 Å². The van der Waals surface area contributed by atoms with Gasteiger partial charge < -0.3 is 0 Å². The van der Waals surface area contributed by atoms with Crippen molar-refractivity contribution in [2.75, 3.05) is 6.26 Å². The summed E-state index contributed by atoms with van der Waals surface area (Å²) in [6.07, 6.45) is 3.67.